The number of halogens is 2. The summed E-state index contributed by atoms with van der Waals surface area (Å²) in [5.74, 6) is 6.69. The third-order valence-electron chi connectivity index (χ3n) is 3.18. The van der Waals surface area contributed by atoms with Gasteiger partial charge in [-0.15, -0.1) is 0 Å². The van der Waals surface area contributed by atoms with E-state index in [0.29, 0.717) is 10.3 Å². The highest BCUT2D eigenvalue weighted by atomic mass is 79.9. The van der Waals surface area contributed by atoms with Crippen molar-refractivity contribution in [3.8, 4) is 0 Å². The smallest absolute Gasteiger partial charge is 0.159 e. The summed E-state index contributed by atoms with van der Waals surface area (Å²) in [4.78, 5) is 10.3. The van der Waals surface area contributed by atoms with Crippen LogP contribution in [-0.2, 0) is 0 Å². The van der Waals surface area contributed by atoms with Gasteiger partial charge in [0.25, 0.3) is 0 Å². The zero-order valence-electron chi connectivity index (χ0n) is 11.1. The Bertz CT molecular complexity index is 607. The van der Waals surface area contributed by atoms with Crippen LogP contribution in [0.4, 0.5) is 11.6 Å². The van der Waals surface area contributed by atoms with Gasteiger partial charge in [0.15, 0.2) is 5.82 Å². The number of anilines is 2. The van der Waals surface area contributed by atoms with E-state index in [2.05, 4.69) is 38.2 Å². The average molecular weight is 357 g/mol. The maximum atomic E-state index is 6.25. The van der Waals surface area contributed by atoms with E-state index in [0.717, 1.165) is 16.4 Å². The molecule has 0 amide bonds. The third kappa shape index (κ3) is 2.87. The van der Waals surface area contributed by atoms with E-state index in [1.165, 1.54) is 6.33 Å². The normalized spacial score (nSPS) is 12.1. The Morgan fingerprint density at radius 2 is 2.05 bits per heavy atom. The number of nitrogens with zero attached hydrogens (tertiary/aromatic N) is 3. The number of aromatic nitrogens is 2. The van der Waals surface area contributed by atoms with Crippen molar-refractivity contribution >= 4 is 39.2 Å². The van der Waals surface area contributed by atoms with E-state index in [1.54, 1.807) is 0 Å². The molecule has 1 atom stereocenters. The van der Waals surface area contributed by atoms with Crippen molar-refractivity contribution in [1.82, 2.24) is 9.97 Å². The van der Waals surface area contributed by atoms with Crippen molar-refractivity contribution in [1.29, 1.82) is 0 Å². The van der Waals surface area contributed by atoms with E-state index in [9.17, 15) is 0 Å². The second-order valence-electron chi connectivity index (χ2n) is 4.31. The van der Waals surface area contributed by atoms with Crippen LogP contribution in [0.25, 0.3) is 0 Å². The lowest BCUT2D eigenvalue weighted by Gasteiger charge is -2.28. The van der Waals surface area contributed by atoms with E-state index in [1.807, 2.05) is 36.2 Å². The van der Waals surface area contributed by atoms with E-state index >= 15 is 0 Å². The molecule has 1 aromatic heterocycles. The Morgan fingerprint density at radius 3 is 2.70 bits per heavy atom. The first-order valence-electron chi connectivity index (χ1n) is 6.00. The van der Waals surface area contributed by atoms with Crippen LogP contribution in [0.1, 0.15) is 18.5 Å². The fourth-order valence-electron chi connectivity index (χ4n) is 1.91. The van der Waals surface area contributed by atoms with Crippen molar-refractivity contribution in [2.75, 3.05) is 17.4 Å². The van der Waals surface area contributed by atoms with Crippen LogP contribution in [0.15, 0.2) is 35.1 Å². The maximum absolute atomic E-state index is 6.25. The van der Waals surface area contributed by atoms with Crippen LogP contribution in [0.5, 0.6) is 0 Å². The molecule has 1 unspecified atom stereocenters. The molecule has 0 spiro atoms. The number of nitrogens with two attached hydrogens (primary N) is 1. The van der Waals surface area contributed by atoms with Crippen molar-refractivity contribution in [3.63, 3.8) is 0 Å². The fourth-order valence-corrected chi connectivity index (χ4v) is 2.81. The van der Waals surface area contributed by atoms with Gasteiger partial charge in [0.1, 0.15) is 16.6 Å². The minimum atomic E-state index is 0.0560. The molecule has 0 bridgehead atoms. The molecule has 1 heterocycles. The molecule has 20 heavy (non-hydrogen) atoms. The van der Waals surface area contributed by atoms with Gasteiger partial charge in [-0.3, -0.25) is 0 Å². The van der Waals surface area contributed by atoms with Gasteiger partial charge in [0, 0.05) is 12.1 Å². The zero-order chi connectivity index (χ0) is 14.7. The molecule has 0 fully saturated rings. The molecule has 0 saturated carbocycles. The summed E-state index contributed by atoms with van der Waals surface area (Å²) in [5.41, 5.74) is 3.56. The molecule has 3 N–H and O–H groups in total. The van der Waals surface area contributed by atoms with E-state index < -0.39 is 0 Å². The van der Waals surface area contributed by atoms with E-state index in [-0.39, 0.29) is 6.04 Å². The van der Waals surface area contributed by atoms with Gasteiger partial charge >= 0.3 is 0 Å². The van der Waals surface area contributed by atoms with Crippen LogP contribution >= 0.6 is 27.5 Å². The summed E-state index contributed by atoms with van der Waals surface area (Å²) in [6.45, 7) is 2.06. The van der Waals surface area contributed by atoms with Crippen LogP contribution in [-0.4, -0.2) is 17.0 Å². The first-order valence-corrected chi connectivity index (χ1v) is 7.17. The number of benzene rings is 1. The average Bonchev–Trinajstić information content (AvgIpc) is 2.46. The van der Waals surface area contributed by atoms with Crippen molar-refractivity contribution in [3.05, 3.63) is 45.7 Å². The summed E-state index contributed by atoms with van der Waals surface area (Å²) < 4.78 is 0.712. The molecular weight excluding hydrogens is 342 g/mol. The Kier molecular flexibility index (Phi) is 4.80. The van der Waals surface area contributed by atoms with Gasteiger partial charge < -0.3 is 10.3 Å². The highest BCUT2D eigenvalue weighted by Gasteiger charge is 2.19. The van der Waals surface area contributed by atoms with Crippen LogP contribution < -0.4 is 16.2 Å². The first-order chi connectivity index (χ1) is 9.56. The van der Waals surface area contributed by atoms with Crippen molar-refractivity contribution in [2.45, 2.75) is 13.0 Å². The van der Waals surface area contributed by atoms with Gasteiger partial charge in [0.05, 0.1) is 6.04 Å². The largest absolute Gasteiger partial charge is 0.352 e. The lowest BCUT2D eigenvalue weighted by molar-refractivity contribution is 0.725. The molecule has 5 nitrogen and oxygen atoms in total. The highest BCUT2D eigenvalue weighted by molar-refractivity contribution is 9.10. The standard InChI is InChI=1S/C13H15BrClN5/c1-8(9-5-3-4-6-10(9)15)20(2)13-11(14)12(19-16)17-7-18-13/h3-8H,16H2,1-2H3,(H,17,18,19). The second-order valence-corrected chi connectivity index (χ2v) is 5.51. The summed E-state index contributed by atoms with van der Waals surface area (Å²) in [6.07, 6.45) is 1.46. The zero-order valence-corrected chi connectivity index (χ0v) is 13.5. The quantitative estimate of drug-likeness (QED) is 0.649. The SMILES string of the molecule is CC(c1ccccc1Cl)N(C)c1ncnc(NN)c1Br. The summed E-state index contributed by atoms with van der Waals surface area (Å²) >= 11 is 9.70. The number of hydrazine groups is 1. The van der Waals surface area contributed by atoms with E-state index in [4.69, 9.17) is 17.4 Å². The lowest BCUT2D eigenvalue weighted by Crippen LogP contribution is -2.24. The molecule has 0 saturated heterocycles. The van der Waals surface area contributed by atoms with Gasteiger partial charge in [-0.2, -0.15) is 0 Å². The Hall–Kier alpha value is -1.37. The topological polar surface area (TPSA) is 67.1 Å². The van der Waals surface area contributed by atoms with Crippen LogP contribution in [0.2, 0.25) is 5.02 Å². The summed E-state index contributed by atoms with van der Waals surface area (Å²) in [5, 5.41) is 0.731. The van der Waals surface area contributed by atoms with Gasteiger partial charge in [0.2, 0.25) is 0 Å². The number of hydrogen-bond acceptors (Lipinski definition) is 5. The molecule has 0 aliphatic rings. The monoisotopic (exact) mass is 355 g/mol. The lowest BCUT2D eigenvalue weighted by atomic mass is 10.1. The Labute approximate surface area is 131 Å². The highest BCUT2D eigenvalue weighted by Crippen LogP contribution is 2.34. The minimum absolute atomic E-state index is 0.0560. The molecule has 2 rings (SSSR count). The number of rotatable bonds is 4. The van der Waals surface area contributed by atoms with Gasteiger partial charge in [-0.05, 0) is 34.5 Å². The molecule has 106 valence electrons. The first kappa shape index (κ1) is 15.0. The van der Waals surface area contributed by atoms with Crippen molar-refractivity contribution < 1.29 is 0 Å². The molecule has 0 radical (unpaired) electrons. The number of nitrogen functional groups attached to an aromatic ring is 1. The predicted molar refractivity (Wildman–Crippen MR) is 85.8 cm³/mol. The molecule has 2 aromatic rings. The van der Waals surface area contributed by atoms with Gasteiger partial charge in [-0.1, -0.05) is 29.8 Å². The Morgan fingerprint density at radius 1 is 1.35 bits per heavy atom. The third-order valence-corrected chi connectivity index (χ3v) is 4.25. The van der Waals surface area contributed by atoms with Crippen LogP contribution in [0, 0.1) is 0 Å². The molecule has 7 heteroatoms. The Balaban J connectivity index is 2.36. The minimum Gasteiger partial charge on any atom is -0.352 e. The predicted octanol–water partition coefficient (Wildman–Crippen LogP) is 3.38. The number of nitrogens with one attached hydrogen (secondary N) is 1. The van der Waals surface area contributed by atoms with Crippen LogP contribution in [0.3, 0.4) is 0 Å². The van der Waals surface area contributed by atoms with Gasteiger partial charge in [-0.25, -0.2) is 15.8 Å². The summed E-state index contributed by atoms with van der Waals surface area (Å²) in [6, 6.07) is 7.81. The number of hydrogen-bond donors (Lipinski definition) is 2. The molecule has 0 aliphatic heterocycles. The second kappa shape index (κ2) is 6.39. The maximum Gasteiger partial charge on any atom is 0.159 e. The molecule has 0 aliphatic carbocycles. The fraction of sp³-hybridized carbons (Fsp3) is 0.231. The van der Waals surface area contributed by atoms with Crippen molar-refractivity contribution in [2.24, 2.45) is 5.84 Å². The molecule has 1 aromatic carbocycles. The molecular formula is C13H15BrClN5. The summed E-state index contributed by atoms with van der Waals surface area (Å²) in [7, 11) is 1.95.